The van der Waals surface area contributed by atoms with E-state index >= 15 is 0 Å². The van der Waals surface area contributed by atoms with Crippen LogP contribution in [0.3, 0.4) is 0 Å². The molecular weight excluding hydrogens is 398 g/mol. The monoisotopic (exact) mass is 431 g/mol. The zero-order chi connectivity index (χ0) is 18.7. The van der Waals surface area contributed by atoms with E-state index in [1.165, 1.54) is 24.8 Å². The second-order valence-corrected chi connectivity index (χ2v) is 10.2. The molecule has 0 aromatic heterocycles. The molecule has 2 unspecified atom stereocenters. The summed E-state index contributed by atoms with van der Waals surface area (Å²) in [5.74, 6) is 0.913. The second-order valence-electron chi connectivity index (χ2n) is 7.36. The van der Waals surface area contributed by atoms with Crippen molar-refractivity contribution in [3.63, 3.8) is 0 Å². The molecule has 2 atom stereocenters. The second kappa shape index (κ2) is 12.1. The Morgan fingerprint density at radius 3 is 2.32 bits per heavy atom. The molecule has 0 amide bonds. The Labute approximate surface area is 165 Å². The number of ether oxygens (including phenoxy) is 1. The van der Waals surface area contributed by atoms with E-state index in [-0.39, 0.29) is 10.8 Å². The first kappa shape index (κ1) is 22.7. The lowest BCUT2D eigenvalue weighted by atomic mass is 10.0. The van der Waals surface area contributed by atoms with Crippen LogP contribution in [0.4, 0.5) is 0 Å². The van der Waals surface area contributed by atoms with Crippen molar-refractivity contribution in [2.45, 2.75) is 77.0 Å². The van der Waals surface area contributed by atoms with Crippen LogP contribution in [0.5, 0.6) is 5.75 Å². The van der Waals surface area contributed by atoms with Gasteiger partial charge in [-0.25, -0.2) is 8.93 Å². The molecule has 1 N–H and O–H groups in total. The van der Waals surface area contributed by atoms with Crippen LogP contribution < -0.4 is 9.46 Å². The smallest absolute Gasteiger partial charge is 0.119 e. The highest BCUT2D eigenvalue weighted by atomic mass is 79.9. The van der Waals surface area contributed by atoms with Gasteiger partial charge in [-0.1, -0.05) is 54.2 Å². The molecular formula is C20H34BrNO2S. The maximum Gasteiger partial charge on any atom is 0.119 e. The van der Waals surface area contributed by atoms with Crippen molar-refractivity contribution in [1.82, 2.24) is 4.72 Å². The van der Waals surface area contributed by atoms with Crippen molar-refractivity contribution in [2.24, 2.45) is 0 Å². The van der Waals surface area contributed by atoms with Crippen LogP contribution in [0.1, 0.15) is 77.8 Å². The largest absolute Gasteiger partial charge is 0.494 e. The van der Waals surface area contributed by atoms with E-state index in [0.29, 0.717) is 0 Å². The zero-order valence-corrected chi connectivity index (χ0v) is 18.5. The van der Waals surface area contributed by atoms with Crippen LogP contribution in [-0.4, -0.2) is 20.9 Å². The average Bonchev–Trinajstić information content (AvgIpc) is 2.57. The van der Waals surface area contributed by atoms with Gasteiger partial charge in [-0.05, 0) is 57.7 Å². The molecule has 1 aromatic rings. The molecule has 0 aliphatic carbocycles. The third-order valence-electron chi connectivity index (χ3n) is 3.96. The van der Waals surface area contributed by atoms with E-state index in [1.54, 1.807) is 0 Å². The minimum absolute atomic E-state index is 0.114. The SMILES string of the molecule is CCCC(NS(=O)C(C)(C)C)c1ccc(OCCCCCCBr)cc1. The minimum Gasteiger partial charge on any atom is -0.494 e. The quantitative estimate of drug-likeness (QED) is 0.329. The van der Waals surface area contributed by atoms with Gasteiger partial charge in [-0.15, -0.1) is 0 Å². The van der Waals surface area contributed by atoms with Crippen LogP contribution in [0.15, 0.2) is 24.3 Å². The maximum atomic E-state index is 12.4. The van der Waals surface area contributed by atoms with Crippen molar-refractivity contribution in [3.05, 3.63) is 29.8 Å². The predicted octanol–water partition coefficient (Wildman–Crippen LogP) is 5.91. The number of hydrogen-bond donors (Lipinski definition) is 1. The minimum atomic E-state index is -1.07. The lowest BCUT2D eigenvalue weighted by Crippen LogP contribution is -2.35. The molecule has 144 valence electrons. The van der Waals surface area contributed by atoms with Gasteiger partial charge >= 0.3 is 0 Å². The van der Waals surface area contributed by atoms with Gasteiger partial charge < -0.3 is 4.74 Å². The van der Waals surface area contributed by atoms with E-state index in [1.807, 2.05) is 32.9 Å². The number of nitrogens with one attached hydrogen (secondary N) is 1. The summed E-state index contributed by atoms with van der Waals surface area (Å²) in [5.41, 5.74) is 1.17. The Morgan fingerprint density at radius 1 is 1.12 bits per heavy atom. The lowest BCUT2D eigenvalue weighted by molar-refractivity contribution is 0.305. The van der Waals surface area contributed by atoms with Gasteiger partial charge in [0.25, 0.3) is 0 Å². The molecule has 0 aliphatic heterocycles. The number of benzene rings is 1. The Morgan fingerprint density at radius 2 is 1.76 bits per heavy atom. The lowest BCUT2D eigenvalue weighted by Gasteiger charge is -2.24. The van der Waals surface area contributed by atoms with Crippen molar-refractivity contribution < 1.29 is 8.95 Å². The van der Waals surface area contributed by atoms with E-state index < -0.39 is 11.0 Å². The first-order valence-electron chi connectivity index (χ1n) is 9.35. The fourth-order valence-corrected chi connectivity index (χ4v) is 3.69. The molecule has 0 saturated heterocycles. The summed E-state index contributed by atoms with van der Waals surface area (Å²) < 4.78 is 21.3. The Balaban J connectivity index is 2.54. The van der Waals surface area contributed by atoms with Gasteiger partial charge in [0.15, 0.2) is 0 Å². The molecule has 0 radical (unpaired) electrons. The molecule has 25 heavy (non-hydrogen) atoms. The number of unbranched alkanes of at least 4 members (excludes halogenated alkanes) is 3. The molecule has 1 aromatic carbocycles. The Kier molecular flexibility index (Phi) is 10.9. The number of rotatable bonds is 12. The molecule has 0 spiro atoms. The summed E-state index contributed by atoms with van der Waals surface area (Å²) in [6.07, 6.45) is 6.81. The standard InChI is InChI=1S/C20H34BrNO2S/c1-5-10-19(22-25(23)20(2,3)4)17-11-13-18(14-12-17)24-16-9-7-6-8-15-21/h11-14,19,22H,5-10,15-16H2,1-4H3. The first-order valence-corrected chi connectivity index (χ1v) is 11.6. The van der Waals surface area contributed by atoms with Crippen molar-refractivity contribution in [2.75, 3.05) is 11.9 Å². The van der Waals surface area contributed by atoms with E-state index in [0.717, 1.165) is 36.9 Å². The van der Waals surface area contributed by atoms with Crippen molar-refractivity contribution in [1.29, 1.82) is 0 Å². The van der Waals surface area contributed by atoms with Gasteiger partial charge in [0, 0.05) is 11.4 Å². The summed E-state index contributed by atoms with van der Waals surface area (Å²) in [7, 11) is -1.07. The molecule has 0 heterocycles. The topological polar surface area (TPSA) is 38.3 Å². The number of alkyl halides is 1. The highest BCUT2D eigenvalue weighted by Gasteiger charge is 2.23. The van der Waals surface area contributed by atoms with Crippen molar-refractivity contribution in [3.8, 4) is 5.75 Å². The third-order valence-corrected chi connectivity index (χ3v) is 6.13. The Hall–Kier alpha value is -0.390. The number of hydrogen-bond acceptors (Lipinski definition) is 2. The third kappa shape index (κ3) is 9.20. The summed E-state index contributed by atoms with van der Waals surface area (Å²) in [6, 6.07) is 8.35. The van der Waals surface area contributed by atoms with E-state index in [4.69, 9.17) is 4.74 Å². The highest BCUT2D eigenvalue weighted by molar-refractivity contribution is 9.09. The fourth-order valence-electron chi connectivity index (χ4n) is 2.42. The fraction of sp³-hybridized carbons (Fsp3) is 0.700. The van der Waals surface area contributed by atoms with Gasteiger partial charge in [0.05, 0.1) is 22.3 Å². The first-order chi connectivity index (χ1) is 11.9. The molecule has 0 saturated carbocycles. The van der Waals surface area contributed by atoms with Gasteiger partial charge in [-0.2, -0.15) is 0 Å². The molecule has 1 rings (SSSR count). The van der Waals surface area contributed by atoms with Crippen LogP contribution in [0, 0.1) is 0 Å². The predicted molar refractivity (Wildman–Crippen MR) is 113 cm³/mol. The maximum absolute atomic E-state index is 12.4. The van der Waals surface area contributed by atoms with Gasteiger partial charge in [0.2, 0.25) is 0 Å². The summed E-state index contributed by atoms with van der Waals surface area (Å²) in [6.45, 7) is 8.91. The average molecular weight is 432 g/mol. The zero-order valence-electron chi connectivity index (χ0n) is 16.1. The molecule has 0 aliphatic rings. The molecule has 3 nitrogen and oxygen atoms in total. The molecule has 5 heteroatoms. The normalized spacial score (nSPS) is 14.3. The van der Waals surface area contributed by atoms with Crippen LogP contribution >= 0.6 is 15.9 Å². The van der Waals surface area contributed by atoms with E-state index in [2.05, 4.69) is 39.7 Å². The Bertz CT molecular complexity index is 499. The highest BCUT2D eigenvalue weighted by Crippen LogP contribution is 2.24. The van der Waals surface area contributed by atoms with Gasteiger partial charge in [0.1, 0.15) is 5.75 Å². The molecule has 0 fully saturated rings. The molecule has 0 bridgehead atoms. The van der Waals surface area contributed by atoms with Crippen LogP contribution in [0.25, 0.3) is 0 Å². The van der Waals surface area contributed by atoms with Gasteiger partial charge in [-0.3, -0.25) is 0 Å². The van der Waals surface area contributed by atoms with Crippen molar-refractivity contribution >= 4 is 26.9 Å². The number of halogens is 1. The van der Waals surface area contributed by atoms with Crippen LogP contribution in [0.2, 0.25) is 0 Å². The van der Waals surface area contributed by atoms with E-state index in [9.17, 15) is 4.21 Å². The summed E-state index contributed by atoms with van der Waals surface area (Å²) >= 11 is 3.45. The summed E-state index contributed by atoms with van der Waals surface area (Å²) in [5, 5.41) is 1.09. The van der Waals surface area contributed by atoms with Crippen LogP contribution in [-0.2, 0) is 11.0 Å². The summed E-state index contributed by atoms with van der Waals surface area (Å²) in [4.78, 5) is 0.